The van der Waals surface area contributed by atoms with E-state index in [0.717, 1.165) is 0 Å². The maximum absolute atomic E-state index is 10.0. The Morgan fingerprint density at radius 1 is 1.55 bits per heavy atom. The van der Waals surface area contributed by atoms with Gasteiger partial charge in [-0.2, -0.15) is 0 Å². The summed E-state index contributed by atoms with van der Waals surface area (Å²) in [6.45, 7) is 0. The number of aromatic nitrogens is 1. The molecule has 0 saturated carbocycles. The number of nitrogens with zero attached hydrogens (tertiary/aromatic N) is 1. The zero-order chi connectivity index (χ0) is 6.69. The third-order valence-corrected chi connectivity index (χ3v) is 0.897. The predicted octanol–water partition coefficient (Wildman–Crippen LogP) is -1.00. The minimum absolute atomic E-state index is 0. The molecule has 1 aromatic rings. The van der Waals surface area contributed by atoms with Crippen LogP contribution in [0.1, 0.15) is 10.4 Å². The average Bonchev–Trinajstić information content (AvgIpc) is 1.90. The molecule has 0 amide bonds. The number of hydrogen-bond acceptors (Lipinski definition) is 3. The van der Waals surface area contributed by atoms with Crippen LogP contribution in [0.5, 0.6) is 0 Å². The molecule has 1 aromatic heterocycles. The highest BCUT2D eigenvalue weighted by molar-refractivity contribution is 5.85. The van der Waals surface area contributed by atoms with Crippen molar-refractivity contribution in [2.24, 2.45) is 0 Å². The van der Waals surface area contributed by atoms with Crippen molar-refractivity contribution in [3.8, 4) is 0 Å². The SMILES string of the molecule is O.O=C([O-])c1cccnc1.[NH4+]. The third-order valence-electron chi connectivity index (χ3n) is 0.897. The standard InChI is InChI=1S/C6H5NO2.H3N.H2O/c8-6(9)5-2-1-3-7-4-5;;/h1-4H,(H,8,9);1H3;1H2. The summed E-state index contributed by atoms with van der Waals surface area (Å²) in [6.07, 6.45) is 2.75. The van der Waals surface area contributed by atoms with Gasteiger partial charge in [-0.1, -0.05) is 6.07 Å². The second-order valence-corrected chi connectivity index (χ2v) is 1.53. The molecule has 0 aliphatic carbocycles. The Balaban J connectivity index is 0. The molecule has 0 atom stereocenters. The van der Waals surface area contributed by atoms with E-state index in [9.17, 15) is 9.90 Å². The van der Waals surface area contributed by atoms with Crippen molar-refractivity contribution in [3.05, 3.63) is 30.1 Å². The Bertz CT molecular complexity index is 212. The van der Waals surface area contributed by atoms with Gasteiger partial charge in [-0.25, -0.2) is 0 Å². The molecule has 0 aliphatic rings. The number of carbonyl (C=O) groups is 1. The molecular weight excluding hydrogens is 148 g/mol. The lowest BCUT2D eigenvalue weighted by Crippen LogP contribution is -2.22. The number of carboxylic acid groups (broad SMARTS) is 1. The highest BCUT2D eigenvalue weighted by Crippen LogP contribution is 1.90. The first-order chi connectivity index (χ1) is 4.30. The summed E-state index contributed by atoms with van der Waals surface area (Å²) in [4.78, 5) is 13.6. The minimum Gasteiger partial charge on any atom is -0.545 e. The minimum atomic E-state index is -1.19. The van der Waals surface area contributed by atoms with E-state index in [1.54, 1.807) is 6.07 Å². The fourth-order valence-corrected chi connectivity index (χ4v) is 0.484. The molecule has 62 valence electrons. The first kappa shape index (κ1) is 12.2. The van der Waals surface area contributed by atoms with Crippen LogP contribution in [0.2, 0.25) is 0 Å². The van der Waals surface area contributed by atoms with Crippen molar-refractivity contribution in [1.82, 2.24) is 11.1 Å². The van der Waals surface area contributed by atoms with E-state index in [2.05, 4.69) is 4.98 Å². The summed E-state index contributed by atoms with van der Waals surface area (Å²) < 4.78 is 0. The predicted molar refractivity (Wildman–Crippen MR) is 38.2 cm³/mol. The molecule has 0 radical (unpaired) electrons. The summed E-state index contributed by atoms with van der Waals surface area (Å²) in [7, 11) is 0. The van der Waals surface area contributed by atoms with Gasteiger partial charge in [-0.3, -0.25) is 4.98 Å². The number of quaternary nitrogens is 1. The van der Waals surface area contributed by atoms with Crippen LogP contribution in [0.4, 0.5) is 0 Å². The van der Waals surface area contributed by atoms with Crippen LogP contribution < -0.4 is 11.3 Å². The molecule has 5 nitrogen and oxygen atoms in total. The molecule has 0 aliphatic heterocycles. The van der Waals surface area contributed by atoms with E-state index < -0.39 is 5.97 Å². The monoisotopic (exact) mass is 158 g/mol. The van der Waals surface area contributed by atoms with Crippen LogP contribution in [0, 0.1) is 0 Å². The van der Waals surface area contributed by atoms with Crippen molar-refractivity contribution in [2.75, 3.05) is 0 Å². The van der Waals surface area contributed by atoms with Gasteiger partial charge in [-0.15, -0.1) is 0 Å². The van der Waals surface area contributed by atoms with E-state index in [1.807, 2.05) is 0 Å². The zero-order valence-corrected chi connectivity index (χ0v) is 6.07. The van der Waals surface area contributed by atoms with Crippen LogP contribution in [0.3, 0.4) is 0 Å². The van der Waals surface area contributed by atoms with Crippen molar-refractivity contribution >= 4 is 5.97 Å². The number of carboxylic acids is 1. The van der Waals surface area contributed by atoms with Gasteiger partial charge in [0.15, 0.2) is 0 Å². The maximum atomic E-state index is 10.0. The molecule has 0 spiro atoms. The van der Waals surface area contributed by atoms with E-state index in [4.69, 9.17) is 0 Å². The number of pyridine rings is 1. The number of aromatic carboxylic acids is 1. The normalized spacial score (nSPS) is 7.27. The first-order valence-electron chi connectivity index (χ1n) is 2.42. The molecule has 0 fully saturated rings. The van der Waals surface area contributed by atoms with Gasteiger partial charge >= 0.3 is 0 Å². The summed E-state index contributed by atoms with van der Waals surface area (Å²) in [5.74, 6) is -1.19. The van der Waals surface area contributed by atoms with E-state index >= 15 is 0 Å². The summed E-state index contributed by atoms with van der Waals surface area (Å²) >= 11 is 0. The second-order valence-electron chi connectivity index (χ2n) is 1.53. The van der Waals surface area contributed by atoms with Crippen LogP contribution in [0.15, 0.2) is 24.5 Å². The Labute approximate surface area is 63.6 Å². The highest BCUT2D eigenvalue weighted by Gasteiger charge is 1.87. The van der Waals surface area contributed by atoms with Crippen LogP contribution in [0.25, 0.3) is 0 Å². The van der Waals surface area contributed by atoms with E-state index in [-0.39, 0.29) is 17.2 Å². The third kappa shape index (κ3) is 3.29. The second kappa shape index (κ2) is 5.33. The van der Waals surface area contributed by atoms with Crippen molar-refractivity contribution < 1.29 is 15.4 Å². The van der Waals surface area contributed by atoms with Gasteiger partial charge in [0.2, 0.25) is 0 Å². The molecule has 0 saturated heterocycles. The van der Waals surface area contributed by atoms with Crippen molar-refractivity contribution in [2.45, 2.75) is 0 Å². The van der Waals surface area contributed by atoms with Crippen LogP contribution in [-0.2, 0) is 0 Å². The Hall–Kier alpha value is -1.46. The smallest absolute Gasteiger partial charge is 0.0730 e. The van der Waals surface area contributed by atoms with Gasteiger partial charge in [0, 0.05) is 18.0 Å². The molecule has 0 bridgehead atoms. The highest BCUT2D eigenvalue weighted by atomic mass is 16.4. The van der Waals surface area contributed by atoms with Crippen LogP contribution in [-0.4, -0.2) is 16.4 Å². The topological polar surface area (TPSA) is 121 Å². The Kier molecular flexibility index (Phi) is 5.94. The molecule has 6 N–H and O–H groups in total. The Morgan fingerprint density at radius 2 is 2.18 bits per heavy atom. The maximum Gasteiger partial charge on any atom is 0.0730 e. The largest absolute Gasteiger partial charge is 0.545 e. The van der Waals surface area contributed by atoms with Gasteiger partial charge in [0.25, 0.3) is 0 Å². The lowest BCUT2D eigenvalue weighted by atomic mass is 10.3. The van der Waals surface area contributed by atoms with E-state index in [1.165, 1.54) is 18.5 Å². The van der Waals surface area contributed by atoms with E-state index in [0.29, 0.717) is 0 Å². The molecule has 1 rings (SSSR count). The molecular formula is C6H10N2O3. The van der Waals surface area contributed by atoms with Gasteiger partial charge in [0.05, 0.1) is 5.97 Å². The van der Waals surface area contributed by atoms with Gasteiger partial charge in [-0.05, 0) is 6.07 Å². The zero-order valence-electron chi connectivity index (χ0n) is 6.07. The fourth-order valence-electron chi connectivity index (χ4n) is 0.484. The molecule has 0 aromatic carbocycles. The van der Waals surface area contributed by atoms with Crippen molar-refractivity contribution in [3.63, 3.8) is 0 Å². The number of hydrogen-bond donors (Lipinski definition) is 1. The molecule has 5 heteroatoms. The van der Waals surface area contributed by atoms with Crippen molar-refractivity contribution in [1.29, 1.82) is 0 Å². The lowest BCUT2D eigenvalue weighted by molar-refractivity contribution is -0.255. The van der Waals surface area contributed by atoms with Gasteiger partial charge in [0.1, 0.15) is 0 Å². The summed E-state index contributed by atoms with van der Waals surface area (Å²) in [5, 5.41) is 10.0. The fraction of sp³-hybridized carbons (Fsp3) is 0. The quantitative estimate of drug-likeness (QED) is 0.563. The Morgan fingerprint density at radius 3 is 2.45 bits per heavy atom. The molecule has 0 unspecified atom stereocenters. The van der Waals surface area contributed by atoms with Crippen LogP contribution >= 0.6 is 0 Å². The summed E-state index contributed by atoms with van der Waals surface area (Å²) in [5.41, 5.74) is 0.109. The first-order valence-corrected chi connectivity index (χ1v) is 2.42. The van der Waals surface area contributed by atoms with Gasteiger partial charge < -0.3 is 21.5 Å². The average molecular weight is 158 g/mol. The molecule has 1 heterocycles. The number of carbonyl (C=O) groups excluding carboxylic acids is 1. The summed E-state index contributed by atoms with van der Waals surface area (Å²) in [6, 6.07) is 2.98. The molecule has 11 heavy (non-hydrogen) atoms. The lowest BCUT2D eigenvalue weighted by Gasteiger charge is -1.97. The number of rotatable bonds is 1.